The van der Waals surface area contributed by atoms with Crippen molar-refractivity contribution in [2.24, 2.45) is 0 Å². The Balaban J connectivity index is 2.81. The highest BCUT2D eigenvalue weighted by Gasteiger charge is 2.38. The molecule has 0 aliphatic carbocycles. The van der Waals surface area contributed by atoms with E-state index < -0.39 is 65.5 Å². The van der Waals surface area contributed by atoms with E-state index in [1.807, 2.05) is 0 Å². The molecular weight excluding hydrogens is 549 g/mol. The Morgan fingerprint density at radius 3 is 2.39 bits per heavy atom. The maximum Gasteiger partial charge on any atom is 0.419 e. The average Bonchev–Trinajstić information content (AvgIpc) is 2.86. The number of rotatable bonds is 14. The first kappa shape index (κ1) is 33.5. The number of ether oxygens (including phenoxy) is 2. The molecule has 6 nitrogen and oxygen atoms in total. The number of allylic oxidation sites excluding steroid dienone is 1. The van der Waals surface area contributed by atoms with Crippen molar-refractivity contribution in [3.05, 3.63) is 77.9 Å². The summed E-state index contributed by atoms with van der Waals surface area (Å²) < 4.78 is 83.1. The number of hydrogen-bond donors (Lipinski definition) is 2. The van der Waals surface area contributed by atoms with E-state index in [2.05, 4.69) is 18.5 Å². The average molecular weight is 584 g/mol. The molecule has 3 atom stereocenters. The summed E-state index contributed by atoms with van der Waals surface area (Å²) in [5.41, 5.74) is -2.28. The van der Waals surface area contributed by atoms with Crippen LogP contribution in [0, 0.1) is 18.6 Å². The van der Waals surface area contributed by atoms with Crippen molar-refractivity contribution < 1.29 is 46.1 Å². The molecule has 11 heteroatoms. The monoisotopic (exact) mass is 583 g/mol. The summed E-state index contributed by atoms with van der Waals surface area (Å²) in [5.74, 6) is -4.48. The number of carbonyl (C=O) groups is 2. The minimum Gasteiger partial charge on any atom is -0.490 e. The predicted molar refractivity (Wildman–Crippen MR) is 144 cm³/mol. The van der Waals surface area contributed by atoms with Crippen LogP contribution in [0.4, 0.5) is 22.0 Å². The summed E-state index contributed by atoms with van der Waals surface area (Å²) in [6.07, 6.45) is -4.29. The Morgan fingerprint density at radius 2 is 1.80 bits per heavy atom. The van der Waals surface area contributed by atoms with Gasteiger partial charge in [0.15, 0.2) is 0 Å². The molecule has 0 aromatic heterocycles. The van der Waals surface area contributed by atoms with Crippen LogP contribution in [-0.2, 0) is 20.5 Å². The molecule has 0 aliphatic heterocycles. The van der Waals surface area contributed by atoms with Gasteiger partial charge in [0.05, 0.1) is 30.7 Å². The summed E-state index contributed by atoms with van der Waals surface area (Å²) in [7, 11) is 0. The number of esters is 1. The molecule has 224 valence electrons. The molecule has 0 heterocycles. The van der Waals surface area contributed by atoms with E-state index >= 15 is 4.39 Å². The number of aliphatic hydroxyl groups excluding tert-OH is 1. The lowest BCUT2D eigenvalue weighted by Gasteiger charge is -2.24. The number of alkyl halides is 3. The third-order valence-corrected chi connectivity index (χ3v) is 6.13. The number of nitrogens with one attached hydrogen (secondary N) is 1. The molecule has 41 heavy (non-hydrogen) atoms. The lowest BCUT2D eigenvalue weighted by Crippen LogP contribution is -2.38. The minimum atomic E-state index is -5.18. The van der Waals surface area contributed by atoms with E-state index in [0.29, 0.717) is 18.9 Å². The van der Waals surface area contributed by atoms with Gasteiger partial charge < -0.3 is 19.9 Å². The summed E-state index contributed by atoms with van der Waals surface area (Å²) in [6, 6.07) is 2.06. The predicted octanol–water partition coefficient (Wildman–Crippen LogP) is 6.74. The number of amides is 1. The second-order valence-electron chi connectivity index (χ2n) is 9.43. The second-order valence-corrected chi connectivity index (χ2v) is 9.43. The van der Waals surface area contributed by atoms with Crippen molar-refractivity contribution in [2.75, 3.05) is 6.61 Å². The van der Waals surface area contributed by atoms with Crippen molar-refractivity contribution in [3.8, 4) is 16.9 Å². The molecule has 2 rings (SSSR count). The van der Waals surface area contributed by atoms with Crippen LogP contribution in [-0.4, -0.2) is 35.8 Å². The van der Waals surface area contributed by atoms with Crippen LogP contribution < -0.4 is 10.1 Å². The van der Waals surface area contributed by atoms with Crippen LogP contribution in [0.3, 0.4) is 0 Å². The zero-order valence-corrected chi connectivity index (χ0v) is 23.1. The Kier molecular flexibility index (Phi) is 12.1. The molecule has 1 amide bonds. The van der Waals surface area contributed by atoms with E-state index in [4.69, 9.17) is 9.47 Å². The Labute approximate surface area is 235 Å². The van der Waals surface area contributed by atoms with Gasteiger partial charge in [0.1, 0.15) is 23.5 Å². The van der Waals surface area contributed by atoms with E-state index in [1.54, 1.807) is 13.0 Å². The van der Waals surface area contributed by atoms with Crippen molar-refractivity contribution in [1.29, 1.82) is 0 Å². The van der Waals surface area contributed by atoms with E-state index in [9.17, 15) is 32.3 Å². The maximum atomic E-state index is 15.6. The van der Waals surface area contributed by atoms with Gasteiger partial charge in [-0.15, -0.1) is 13.2 Å². The van der Waals surface area contributed by atoms with Crippen molar-refractivity contribution in [1.82, 2.24) is 5.32 Å². The van der Waals surface area contributed by atoms with Crippen LogP contribution in [0.5, 0.6) is 5.75 Å². The van der Waals surface area contributed by atoms with Crippen LogP contribution in [0.2, 0.25) is 0 Å². The first-order valence-electron chi connectivity index (χ1n) is 13.0. The van der Waals surface area contributed by atoms with E-state index in [-0.39, 0.29) is 35.5 Å². The first-order valence-corrected chi connectivity index (χ1v) is 13.0. The highest BCUT2D eigenvalue weighted by molar-refractivity contribution is 5.82. The maximum absolute atomic E-state index is 15.6. The number of aryl methyl sites for hydroxylation is 1. The van der Waals surface area contributed by atoms with Gasteiger partial charge in [-0.1, -0.05) is 12.2 Å². The quantitative estimate of drug-likeness (QED) is 0.146. The molecular formula is C30H34F5NO5. The Hall–Kier alpha value is -3.73. The smallest absolute Gasteiger partial charge is 0.419 e. The molecule has 0 radical (unpaired) electrons. The summed E-state index contributed by atoms with van der Waals surface area (Å²) in [4.78, 5) is 24.9. The fourth-order valence-electron chi connectivity index (χ4n) is 4.21. The standard InChI is InChI=1S/C30H34F5NO5/c1-6-9-11-18(5)41-25-15-20(31)12-17(4)27(25)19-13-21(28(32)22(14-19)30(33,34)35)23(16-26(38)40-8-3)36-29(39)24(37)10-7-2/h6-7,12-15,18,23-24,37H,1-2,8-11,16H2,3-5H3,(H,36,39)/t18?,23-,24+/m0/s1. The largest absolute Gasteiger partial charge is 0.490 e. The summed E-state index contributed by atoms with van der Waals surface area (Å²) in [5, 5.41) is 12.3. The molecule has 2 N–H and O–H groups in total. The van der Waals surface area contributed by atoms with E-state index in [0.717, 1.165) is 18.2 Å². The van der Waals surface area contributed by atoms with Crippen LogP contribution >= 0.6 is 0 Å². The van der Waals surface area contributed by atoms with Crippen LogP contribution in [0.25, 0.3) is 11.1 Å². The molecule has 2 aromatic rings. The van der Waals surface area contributed by atoms with Gasteiger partial charge in [0, 0.05) is 23.6 Å². The van der Waals surface area contributed by atoms with Crippen molar-refractivity contribution in [2.45, 2.75) is 70.9 Å². The van der Waals surface area contributed by atoms with Gasteiger partial charge in [0.2, 0.25) is 5.91 Å². The normalized spacial score (nSPS) is 13.6. The third kappa shape index (κ3) is 9.14. The van der Waals surface area contributed by atoms with Gasteiger partial charge in [-0.3, -0.25) is 9.59 Å². The molecule has 0 saturated heterocycles. The number of hydrogen-bond acceptors (Lipinski definition) is 5. The highest BCUT2D eigenvalue weighted by atomic mass is 19.4. The van der Waals surface area contributed by atoms with Crippen LogP contribution in [0.1, 0.15) is 62.3 Å². The molecule has 0 fully saturated rings. The fourth-order valence-corrected chi connectivity index (χ4v) is 4.21. The lowest BCUT2D eigenvalue weighted by molar-refractivity contribution is -0.144. The molecule has 0 aliphatic rings. The first-order chi connectivity index (χ1) is 19.2. The van der Waals surface area contributed by atoms with Crippen molar-refractivity contribution >= 4 is 11.9 Å². The second kappa shape index (κ2) is 14.8. The highest BCUT2D eigenvalue weighted by Crippen LogP contribution is 2.42. The minimum absolute atomic E-state index is 0.0662. The third-order valence-electron chi connectivity index (χ3n) is 6.13. The molecule has 0 saturated carbocycles. The molecule has 0 spiro atoms. The molecule has 2 aromatic carbocycles. The zero-order valence-electron chi connectivity index (χ0n) is 23.1. The number of halogens is 5. The number of aliphatic hydroxyl groups is 1. The Morgan fingerprint density at radius 1 is 1.12 bits per heavy atom. The van der Waals surface area contributed by atoms with Gasteiger partial charge >= 0.3 is 12.1 Å². The molecule has 1 unspecified atom stereocenters. The molecule has 0 bridgehead atoms. The number of carbonyl (C=O) groups excluding carboxylic acids is 2. The zero-order chi connectivity index (χ0) is 30.9. The van der Waals surface area contributed by atoms with Gasteiger partial charge in [-0.25, -0.2) is 8.78 Å². The fraction of sp³-hybridized carbons (Fsp3) is 0.400. The topological polar surface area (TPSA) is 84.9 Å². The number of benzene rings is 2. The van der Waals surface area contributed by atoms with Crippen LogP contribution in [0.15, 0.2) is 49.6 Å². The summed E-state index contributed by atoms with van der Waals surface area (Å²) >= 11 is 0. The van der Waals surface area contributed by atoms with Gasteiger partial charge in [-0.05, 0) is 62.9 Å². The van der Waals surface area contributed by atoms with E-state index in [1.165, 1.54) is 19.9 Å². The SMILES string of the molecule is C=CCCC(C)Oc1cc(F)cc(C)c1-c1cc([C@H](CC(=O)OCC)NC(=O)[C@H](O)CC=C)c(F)c(C(F)(F)F)c1. The van der Waals surface area contributed by atoms with Gasteiger partial charge in [-0.2, -0.15) is 13.2 Å². The van der Waals surface area contributed by atoms with Gasteiger partial charge in [0.25, 0.3) is 0 Å². The Bertz CT molecular complexity index is 1260. The summed E-state index contributed by atoms with van der Waals surface area (Å²) in [6.45, 7) is 11.6. The lowest BCUT2D eigenvalue weighted by atomic mass is 9.91. The van der Waals surface area contributed by atoms with Crippen molar-refractivity contribution in [3.63, 3.8) is 0 Å².